The molecule has 5 nitrogen and oxygen atoms in total. The van der Waals surface area contributed by atoms with Crippen LogP contribution in [0.2, 0.25) is 0 Å². The monoisotopic (exact) mass is 426 g/mol. The van der Waals surface area contributed by atoms with Gasteiger partial charge in [0.05, 0.1) is 35.0 Å². The number of benzene rings is 3. The van der Waals surface area contributed by atoms with Crippen molar-refractivity contribution in [1.82, 2.24) is 9.97 Å². The maximum atomic E-state index is 12.8. The Morgan fingerprint density at radius 1 is 0.966 bits per heavy atom. The summed E-state index contributed by atoms with van der Waals surface area (Å²) in [6.07, 6.45) is 3.36. The normalized spacial score (nSPS) is 10.4. The van der Waals surface area contributed by atoms with Crippen molar-refractivity contribution in [3.8, 4) is 0 Å². The summed E-state index contributed by atoms with van der Waals surface area (Å²) in [5.74, 6) is -0.0513. The van der Waals surface area contributed by atoms with Gasteiger partial charge in [-0.2, -0.15) is 0 Å². The number of aromatic nitrogens is 2. The van der Waals surface area contributed by atoms with Crippen LogP contribution in [-0.2, 0) is 0 Å². The summed E-state index contributed by atoms with van der Waals surface area (Å²) in [5.41, 5.74) is 4.59. The van der Waals surface area contributed by atoms with Gasteiger partial charge in [0.2, 0.25) is 0 Å². The van der Waals surface area contributed by atoms with E-state index in [1.807, 2.05) is 66.5 Å². The van der Waals surface area contributed by atoms with E-state index in [1.165, 1.54) is 0 Å². The highest BCUT2D eigenvalue weighted by molar-refractivity contribution is 6.15. The summed E-state index contributed by atoms with van der Waals surface area (Å²) in [6.45, 7) is 0. The van der Waals surface area contributed by atoms with Crippen molar-refractivity contribution < 1.29 is 4.79 Å². The van der Waals surface area contributed by atoms with Crippen molar-refractivity contribution in [2.24, 2.45) is 4.99 Å². The zero-order chi connectivity index (χ0) is 18.6. The molecule has 1 aromatic heterocycles. The molecule has 0 bridgehead atoms. The molecule has 4 rings (SSSR count). The number of nitrogens with zero attached hydrogens (tertiary/aromatic N) is 3. The number of nitrogens with one attached hydrogen (secondary N) is 1. The molecule has 0 saturated heterocycles. The highest BCUT2D eigenvalue weighted by Gasteiger charge is 2.13. The van der Waals surface area contributed by atoms with Gasteiger partial charge in [0.15, 0.2) is 5.78 Å². The number of ketones is 1. The smallest absolute Gasteiger partial charge is 0.195 e. The number of anilines is 1. The van der Waals surface area contributed by atoms with Crippen LogP contribution >= 0.6 is 24.8 Å². The van der Waals surface area contributed by atoms with Gasteiger partial charge in [-0.05, 0) is 48.5 Å². The highest BCUT2D eigenvalue weighted by atomic mass is 35.5. The minimum absolute atomic E-state index is 0. The summed E-state index contributed by atoms with van der Waals surface area (Å²) in [7, 11) is 1.95. The molecule has 0 aliphatic heterocycles. The van der Waals surface area contributed by atoms with E-state index >= 15 is 0 Å². The topological polar surface area (TPSA) is 61.4 Å². The molecule has 0 amide bonds. The predicted octanol–water partition coefficient (Wildman–Crippen LogP) is 5.43. The quantitative estimate of drug-likeness (QED) is 0.262. The Labute approximate surface area is 181 Å². The molecule has 4 aromatic rings. The van der Waals surface area contributed by atoms with Crippen molar-refractivity contribution >= 4 is 59.3 Å². The lowest BCUT2D eigenvalue weighted by atomic mass is 10.0. The fourth-order valence-corrected chi connectivity index (χ4v) is 2.89. The molecule has 0 radical (unpaired) electrons. The standard InChI is InChI=1S/C22H18N4O.2ClH/c1-26(18-6-3-2-4-7-18)15-25-17-12-10-16(11-13-17)22(27)19-8-5-9-20-21(19)24-14-23-20;;/h2-15H,1H3,(H,23,24);2*1H. The Kier molecular flexibility index (Phi) is 7.53. The number of carbonyl (C=O) groups excluding carboxylic acids is 1. The van der Waals surface area contributed by atoms with E-state index in [0.717, 1.165) is 16.9 Å². The van der Waals surface area contributed by atoms with Crippen LogP contribution in [0, 0.1) is 0 Å². The molecular formula is C22H20Cl2N4O. The number of carbonyl (C=O) groups is 1. The maximum Gasteiger partial charge on any atom is 0.195 e. The molecule has 0 unspecified atom stereocenters. The van der Waals surface area contributed by atoms with Crippen molar-refractivity contribution in [3.63, 3.8) is 0 Å². The molecule has 0 aliphatic carbocycles. The minimum atomic E-state index is -0.0513. The molecule has 0 aliphatic rings. The van der Waals surface area contributed by atoms with Crippen LogP contribution in [-0.4, -0.2) is 29.1 Å². The van der Waals surface area contributed by atoms with Crippen molar-refractivity contribution in [1.29, 1.82) is 0 Å². The van der Waals surface area contributed by atoms with E-state index in [9.17, 15) is 4.79 Å². The lowest BCUT2D eigenvalue weighted by Gasteiger charge is -2.12. The number of halogens is 2. The minimum Gasteiger partial charge on any atom is -0.345 e. The van der Waals surface area contributed by atoms with E-state index in [1.54, 1.807) is 30.9 Å². The second-order valence-corrected chi connectivity index (χ2v) is 6.17. The van der Waals surface area contributed by atoms with E-state index in [0.29, 0.717) is 16.6 Å². The van der Waals surface area contributed by atoms with Crippen LogP contribution in [0.25, 0.3) is 11.0 Å². The van der Waals surface area contributed by atoms with E-state index in [-0.39, 0.29) is 30.6 Å². The molecule has 0 atom stereocenters. The molecule has 3 aromatic carbocycles. The molecule has 1 heterocycles. The summed E-state index contributed by atoms with van der Waals surface area (Å²) in [5, 5.41) is 0. The van der Waals surface area contributed by atoms with Crippen LogP contribution in [0.4, 0.5) is 11.4 Å². The summed E-state index contributed by atoms with van der Waals surface area (Å²) in [6, 6.07) is 22.8. The Hall–Kier alpha value is -3.15. The first-order valence-corrected chi connectivity index (χ1v) is 8.61. The number of rotatable bonds is 5. The zero-order valence-corrected chi connectivity index (χ0v) is 17.3. The summed E-state index contributed by atoms with van der Waals surface area (Å²) < 4.78 is 0. The molecule has 0 spiro atoms. The first-order valence-electron chi connectivity index (χ1n) is 8.61. The largest absolute Gasteiger partial charge is 0.345 e. The molecule has 0 saturated carbocycles. The average molecular weight is 427 g/mol. The lowest BCUT2D eigenvalue weighted by Crippen LogP contribution is -2.13. The Morgan fingerprint density at radius 2 is 1.69 bits per heavy atom. The average Bonchev–Trinajstić information content (AvgIpc) is 3.21. The third-order valence-electron chi connectivity index (χ3n) is 4.37. The Bertz CT molecular complexity index is 1110. The number of para-hydroxylation sites is 2. The van der Waals surface area contributed by atoms with E-state index < -0.39 is 0 Å². The number of hydrogen-bond donors (Lipinski definition) is 1. The summed E-state index contributed by atoms with van der Waals surface area (Å²) in [4.78, 5) is 26.5. The van der Waals surface area contributed by atoms with E-state index in [2.05, 4.69) is 15.0 Å². The number of aromatic amines is 1. The van der Waals surface area contributed by atoms with Gasteiger partial charge in [-0.3, -0.25) is 4.79 Å². The summed E-state index contributed by atoms with van der Waals surface area (Å²) >= 11 is 0. The van der Waals surface area contributed by atoms with Crippen molar-refractivity contribution in [2.45, 2.75) is 0 Å². The zero-order valence-electron chi connectivity index (χ0n) is 15.6. The second kappa shape index (κ2) is 9.87. The SMILES string of the molecule is CN(C=Nc1ccc(C(=O)c2cccc3[nH]cnc23)cc1)c1ccccc1.Cl.Cl. The predicted molar refractivity (Wildman–Crippen MR) is 123 cm³/mol. The fourth-order valence-electron chi connectivity index (χ4n) is 2.89. The van der Waals surface area contributed by atoms with Crippen LogP contribution in [0.1, 0.15) is 15.9 Å². The van der Waals surface area contributed by atoms with Crippen LogP contribution in [0.5, 0.6) is 0 Å². The third-order valence-corrected chi connectivity index (χ3v) is 4.37. The molecule has 1 N–H and O–H groups in total. The molecule has 7 heteroatoms. The lowest BCUT2D eigenvalue weighted by molar-refractivity contribution is 0.104. The van der Waals surface area contributed by atoms with Gasteiger partial charge in [-0.15, -0.1) is 24.8 Å². The molecule has 29 heavy (non-hydrogen) atoms. The second-order valence-electron chi connectivity index (χ2n) is 6.17. The van der Waals surface area contributed by atoms with E-state index in [4.69, 9.17) is 0 Å². The van der Waals surface area contributed by atoms with Crippen molar-refractivity contribution in [2.75, 3.05) is 11.9 Å². The number of hydrogen-bond acceptors (Lipinski definition) is 3. The van der Waals surface area contributed by atoms with Crippen molar-refractivity contribution in [3.05, 3.63) is 90.3 Å². The van der Waals surface area contributed by atoms with Gasteiger partial charge in [0, 0.05) is 18.3 Å². The van der Waals surface area contributed by atoms with Gasteiger partial charge in [-0.25, -0.2) is 9.98 Å². The Morgan fingerprint density at radius 3 is 2.41 bits per heavy atom. The van der Waals surface area contributed by atoms with Crippen LogP contribution < -0.4 is 4.90 Å². The Balaban J connectivity index is 0.00000150. The fraction of sp³-hybridized carbons (Fsp3) is 0.0455. The molecule has 148 valence electrons. The van der Waals surface area contributed by atoms with Crippen LogP contribution in [0.3, 0.4) is 0 Å². The maximum absolute atomic E-state index is 12.8. The first kappa shape index (κ1) is 22.1. The van der Waals surface area contributed by atoms with Gasteiger partial charge in [0.1, 0.15) is 0 Å². The number of imidazole rings is 1. The van der Waals surface area contributed by atoms with Gasteiger partial charge < -0.3 is 9.88 Å². The first-order chi connectivity index (χ1) is 13.2. The number of fused-ring (bicyclic) bond motifs is 1. The van der Waals surface area contributed by atoms with Crippen LogP contribution in [0.15, 0.2) is 84.1 Å². The van der Waals surface area contributed by atoms with Gasteiger partial charge >= 0.3 is 0 Å². The molecular weight excluding hydrogens is 407 g/mol. The third kappa shape index (κ3) is 4.83. The number of aliphatic imine (C=N–C) groups is 1. The van der Waals surface area contributed by atoms with Gasteiger partial charge in [-0.1, -0.05) is 24.3 Å². The highest BCUT2D eigenvalue weighted by Crippen LogP contribution is 2.20. The van der Waals surface area contributed by atoms with Gasteiger partial charge in [0.25, 0.3) is 0 Å². The number of H-pyrrole nitrogens is 1. The molecule has 0 fully saturated rings.